The van der Waals surface area contributed by atoms with E-state index in [9.17, 15) is 14.7 Å². The standard InChI is InChI=1S/C14H15N3O3/c15-14(13(19)20)10(5-6-16-14)9-7-12(18)17-11-4-2-1-3-8(9)11/h1-4,7,10,16H,5-6,15H2,(H,17,18)(H,19,20)/t10?,14-/m0/s1. The summed E-state index contributed by atoms with van der Waals surface area (Å²) in [5.74, 6) is -1.54. The van der Waals surface area contributed by atoms with Gasteiger partial charge in [0.05, 0.1) is 0 Å². The minimum atomic E-state index is -1.53. The molecule has 6 nitrogen and oxygen atoms in total. The zero-order valence-electron chi connectivity index (χ0n) is 10.7. The Balaban J connectivity index is 2.24. The van der Waals surface area contributed by atoms with Gasteiger partial charge < -0.3 is 15.8 Å². The van der Waals surface area contributed by atoms with Crippen LogP contribution in [0.2, 0.25) is 0 Å². The summed E-state index contributed by atoms with van der Waals surface area (Å²) < 4.78 is 0. The topological polar surface area (TPSA) is 108 Å². The van der Waals surface area contributed by atoms with Gasteiger partial charge in [0.15, 0.2) is 5.66 Å². The summed E-state index contributed by atoms with van der Waals surface area (Å²) >= 11 is 0. The maximum absolute atomic E-state index is 11.8. The van der Waals surface area contributed by atoms with Gasteiger partial charge in [-0.25, -0.2) is 4.79 Å². The fourth-order valence-corrected chi connectivity index (χ4v) is 2.92. The lowest BCUT2D eigenvalue weighted by molar-refractivity contribution is -0.144. The first-order chi connectivity index (χ1) is 9.52. The van der Waals surface area contributed by atoms with Crippen LogP contribution in [0.3, 0.4) is 0 Å². The second-order valence-electron chi connectivity index (χ2n) is 5.08. The molecule has 0 aliphatic carbocycles. The van der Waals surface area contributed by atoms with Gasteiger partial charge in [-0.05, 0) is 24.6 Å². The van der Waals surface area contributed by atoms with Crippen molar-refractivity contribution < 1.29 is 9.90 Å². The number of aromatic nitrogens is 1. The summed E-state index contributed by atoms with van der Waals surface area (Å²) in [6.45, 7) is 0.509. The third kappa shape index (κ3) is 1.81. The second kappa shape index (κ2) is 4.43. The van der Waals surface area contributed by atoms with E-state index >= 15 is 0 Å². The van der Waals surface area contributed by atoms with E-state index in [0.29, 0.717) is 24.0 Å². The van der Waals surface area contributed by atoms with Crippen molar-refractivity contribution in [3.8, 4) is 0 Å². The quantitative estimate of drug-likeness (QED) is 0.631. The maximum Gasteiger partial charge on any atom is 0.339 e. The molecule has 1 aromatic carbocycles. The van der Waals surface area contributed by atoms with Crippen LogP contribution in [0, 0.1) is 0 Å². The van der Waals surface area contributed by atoms with Crippen LogP contribution >= 0.6 is 0 Å². The number of carboxylic acid groups (broad SMARTS) is 1. The summed E-state index contributed by atoms with van der Waals surface area (Å²) in [5, 5.41) is 13.0. The molecule has 20 heavy (non-hydrogen) atoms. The lowest BCUT2D eigenvalue weighted by atomic mass is 9.85. The smallest absolute Gasteiger partial charge is 0.339 e. The highest BCUT2D eigenvalue weighted by molar-refractivity contribution is 5.86. The van der Waals surface area contributed by atoms with Gasteiger partial charge in [-0.1, -0.05) is 18.2 Å². The number of benzene rings is 1. The number of para-hydroxylation sites is 1. The van der Waals surface area contributed by atoms with Crippen molar-refractivity contribution >= 4 is 16.9 Å². The SMILES string of the molecule is N[C@]1(C(=O)O)NCCC1c1cc(=O)[nH]c2ccccc12. The Morgan fingerprint density at radius 3 is 2.90 bits per heavy atom. The molecule has 5 N–H and O–H groups in total. The Morgan fingerprint density at radius 1 is 1.40 bits per heavy atom. The lowest BCUT2D eigenvalue weighted by Crippen LogP contribution is -2.59. The normalized spacial score (nSPS) is 25.9. The van der Waals surface area contributed by atoms with E-state index in [1.807, 2.05) is 18.2 Å². The average Bonchev–Trinajstić information content (AvgIpc) is 2.81. The molecule has 3 rings (SSSR count). The number of rotatable bonds is 2. The third-order valence-electron chi connectivity index (χ3n) is 3.91. The molecule has 1 unspecified atom stereocenters. The highest BCUT2D eigenvalue weighted by Gasteiger charge is 2.47. The average molecular weight is 273 g/mol. The van der Waals surface area contributed by atoms with Crippen LogP contribution in [0.5, 0.6) is 0 Å². The summed E-state index contributed by atoms with van der Waals surface area (Å²) in [6, 6.07) is 8.78. The third-order valence-corrected chi connectivity index (χ3v) is 3.91. The molecule has 2 heterocycles. The lowest BCUT2D eigenvalue weighted by Gasteiger charge is -2.27. The molecule has 6 heteroatoms. The Morgan fingerprint density at radius 2 is 2.15 bits per heavy atom. The number of hydrogen-bond donors (Lipinski definition) is 4. The van der Waals surface area contributed by atoms with Crippen LogP contribution in [-0.2, 0) is 4.79 Å². The fraction of sp³-hybridized carbons (Fsp3) is 0.286. The molecule has 0 amide bonds. The van der Waals surface area contributed by atoms with Crippen LogP contribution in [0.1, 0.15) is 17.9 Å². The van der Waals surface area contributed by atoms with Gasteiger partial charge in [0, 0.05) is 22.9 Å². The zero-order valence-corrected chi connectivity index (χ0v) is 10.7. The number of H-pyrrole nitrogens is 1. The summed E-state index contributed by atoms with van der Waals surface area (Å²) in [4.78, 5) is 26.0. The molecule has 1 aromatic heterocycles. The minimum Gasteiger partial charge on any atom is -0.479 e. The molecule has 1 aliphatic heterocycles. The van der Waals surface area contributed by atoms with Crippen LogP contribution < -0.4 is 16.6 Å². The molecule has 2 aromatic rings. The van der Waals surface area contributed by atoms with E-state index in [2.05, 4.69) is 10.3 Å². The van der Waals surface area contributed by atoms with Crippen molar-refractivity contribution in [3.63, 3.8) is 0 Å². The first kappa shape index (κ1) is 12.8. The maximum atomic E-state index is 11.8. The van der Waals surface area contributed by atoms with Crippen molar-refractivity contribution in [1.29, 1.82) is 0 Å². The first-order valence-corrected chi connectivity index (χ1v) is 6.41. The number of nitrogens with one attached hydrogen (secondary N) is 2. The van der Waals surface area contributed by atoms with E-state index in [1.165, 1.54) is 6.07 Å². The zero-order chi connectivity index (χ0) is 14.3. The van der Waals surface area contributed by atoms with E-state index in [4.69, 9.17) is 5.73 Å². The van der Waals surface area contributed by atoms with Gasteiger partial charge in [-0.15, -0.1) is 0 Å². The predicted octanol–water partition coefficient (Wildman–Crippen LogP) is 0.345. The molecule has 0 saturated carbocycles. The van der Waals surface area contributed by atoms with Gasteiger partial charge >= 0.3 is 5.97 Å². The Hall–Kier alpha value is -2.18. The highest BCUT2D eigenvalue weighted by Crippen LogP contribution is 2.35. The monoisotopic (exact) mass is 273 g/mol. The van der Waals surface area contributed by atoms with Crippen LogP contribution in [0.4, 0.5) is 0 Å². The van der Waals surface area contributed by atoms with Gasteiger partial charge in [0.25, 0.3) is 0 Å². The summed E-state index contributed by atoms with van der Waals surface area (Å²) in [6.07, 6.45) is 0.580. The van der Waals surface area contributed by atoms with E-state index in [-0.39, 0.29) is 5.56 Å². The Bertz CT molecular complexity index is 740. The van der Waals surface area contributed by atoms with Crippen LogP contribution in [-0.4, -0.2) is 28.3 Å². The molecule has 1 aliphatic rings. The molecule has 1 saturated heterocycles. The largest absolute Gasteiger partial charge is 0.479 e. The number of aromatic amines is 1. The van der Waals surface area contributed by atoms with Gasteiger partial charge in [0.2, 0.25) is 5.56 Å². The number of carboxylic acids is 1. The summed E-state index contributed by atoms with van der Waals surface area (Å²) in [5.41, 5.74) is 5.58. The molecule has 2 atom stereocenters. The highest BCUT2D eigenvalue weighted by atomic mass is 16.4. The van der Waals surface area contributed by atoms with Crippen molar-refractivity contribution in [2.24, 2.45) is 5.73 Å². The van der Waals surface area contributed by atoms with Crippen molar-refractivity contribution in [1.82, 2.24) is 10.3 Å². The molecule has 0 radical (unpaired) electrons. The molecule has 0 spiro atoms. The first-order valence-electron chi connectivity index (χ1n) is 6.41. The molecule has 1 fully saturated rings. The molecule has 104 valence electrons. The minimum absolute atomic E-state index is 0.252. The summed E-state index contributed by atoms with van der Waals surface area (Å²) in [7, 11) is 0. The van der Waals surface area contributed by atoms with Gasteiger partial charge in [-0.2, -0.15) is 0 Å². The van der Waals surface area contributed by atoms with Crippen LogP contribution in [0.15, 0.2) is 35.1 Å². The number of nitrogens with two attached hydrogens (primary N) is 1. The van der Waals surface area contributed by atoms with Crippen molar-refractivity contribution in [2.45, 2.75) is 18.0 Å². The van der Waals surface area contributed by atoms with E-state index in [1.54, 1.807) is 6.07 Å². The number of carbonyl (C=O) groups is 1. The number of aliphatic carboxylic acids is 1. The number of pyridine rings is 1. The number of fused-ring (bicyclic) bond motifs is 1. The van der Waals surface area contributed by atoms with E-state index < -0.39 is 17.6 Å². The predicted molar refractivity (Wildman–Crippen MR) is 74.5 cm³/mol. The Labute approximate surface area is 114 Å². The second-order valence-corrected chi connectivity index (χ2v) is 5.08. The van der Waals surface area contributed by atoms with Crippen LogP contribution in [0.25, 0.3) is 10.9 Å². The van der Waals surface area contributed by atoms with Gasteiger partial charge in [0.1, 0.15) is 0 Å². The fourth-order valence-electron chi connectivity index (χ4n) is 2.92. The molecular weight excluding hydrogens is 258 g/mol. The Kier molecular flexibility index (Phi) is 2.84. The molecule has 0 bridgehead atoms. The van der Waals surface area contributed by atoms with Gasteiger partial charge in [-0.3, -0.25) is 10.1 Å². The van der Waals surface area contributed by atoms with Crippen molar-refractivity contribution in [2.75, 3.05) is 6.54 Å². The number of hydrogen-bond acceptors (Lipinski definition) is 4. The van der Waals surface area contributed by atoms with Crippen molar-refractivity contribution in [3.05, 3.63) is 46.2 Å². The van der Waals surface area contributed by atoms with E-state index in [0.717, 1.165) is 5.39 Å². The molecular formula is C14H15N3O3.